The Hall–Kier alpha value is -2.07. The first-order valence-electron chi connectivity index (χ1n) is 9.11. The van der Waals surface area contributed by atoms with Crippen molar-refractivity contribution >= 4 is 18.1 Å². The summed E-state index contributed by atoms with van der Waals surface area (Å²) in [5.41, 5.74) is 0. The lowest BCUT2D eigenvalue weighted by Crippen LogP contribution is -1.98. The van der Waals surface area contributed by atoms with Gasteiger partial charge in [0.2, 0.25) is 0 Å². The molecule has 0 saturated heterocycles. The molecule has 1 rings (SSSR count). The van der Waals surface area contributed by atoms with Gasteiger partial charge in [-0.1, -0.05) is 44.1 Å². The molecule has 0 radical (unpaired) electrons. The summed E-state index contributed by atoms with van der Waals surface area (Å²) >= 11 is 0. The second-order valence-electron chi connectivity index (χ2n) is 6.06. The van der Waals surface area contributed by atoms with Crippen LogP contribution in [0.1, 0.15) is 69.8 Å². The molecule has 0 fully saturated rings. The lowest BCUT2D eigenvalue weighted by molar-refractivity contribution is -0.137. The third kappa shape index (κ3) is 11.2. The van der Waals surface area contributed by atoms with Gasteiger partial charge < -0.3 is 14.6 Å². The van der Waals surface area contributed by atoms with Gasteiger partial charge in [-0.05, 0) is 56.4 Å². The first-order chi connectivity index (χ1) is 12.1. The van der Waals surface area contributed by atoms with Crippen LogP contribution < -0.4 is 0 Å². The second-order valence-corrected chi connectivity index (χ2v) is 6.06. The Morgan fingerprint density at radius 3 is 2.52 bits per heavy atom. The molecule has 0 bridgehead atoms. The first kappa shape index (κ1) is 21.0. The van der Waals surface area contributed by atoms with Gasteiger partial charge in [-0.3, -0.25) is 4.79 Å². The third-order valence-electron chi connectivity index (χ3n) is 3.69. The van der Waals surface area contributed by atoms with Crippen molar-refractivity contribution in [2.75, 3.05) is 0 Å². The van der Waals surface area contributed by atoms with Crippen LogP contribution in [0.4, 0.5) is 0 Å². The van der Waals surface area contributed by atoms with E-state index in [0.717, 1.165) is 12.2 Å². The maximum absolute atomic E-state index is 10.4. The molecule has 1 aromatic heterocycles. The largest absolute Gasteiger partial charge is 0.481 e. The van der Waals surface area contributed by atoms with Crippen LogP contribution in [0.2, 0.25) is 0 Å². The standard InChI is InChI=1S/C21H30O4/c1-2-3-4-5-6-8-11-18(22)14-15-20-17-16-19(25-20)12-9-7-10-13-21(23)24/h6,8-9,12,14-18,22H,2-5,7,10-11,13H2,1H3,(H,23,24)/b8-6+,12-9+,15-14+. The molecule has 1 unspecified atom stereocenters. The van der Waals surface area contributed by atoms with Gasteiger partial charge in [-0.2, -0.15) is 0 Å². The number of aliphatic carboxylic acids is 1. The number of hydrogen-bond donors (Lipinski definition) is 2. The van der Waals surface area contributed by atoms with Gasteiger partial charge in [-0.15, -0.1) is 0 Å². The number of carboxylic acids is 1. The molecular formula is C21H30O4. The minimum atomic E-state index is -0.770. The zero-order valence-corrected chi connectivity index (χ0v) is 15.1. The summed E-state index contributed by atoms with van der Waals surface area (Å²) in [6.07, 6.45) is 17.8. The highest BCUT2D eigenvalue weighted by atomic mass is 16.4. The van der Waals surface area contributed by atoms with Gasteiger partial charge in [-0.25, -0.2) is 0 Å². The van der Waals surface area contributed by atoms with Crippen molar-refractivity contribution in [2.45, 2.75) is 64.4 Å². The highest BCUT2D eigenvalue weighted by Gasteiger charge is 1.99. The fraction of sp³-hybridized carbons (Fsp3) is 0.476. The molecule has 1 atom stereocenters. The van der Waals surface area contributed by atoms with Crippen LogP contribution in [0.15, 0.2) is 40.9 Å². The van der Waals surface area contributed by atoms with Gasteiger partial charge in [0.1, 0.15) is 11.5 Å². The van der Waals surface area contributed by atoms with Crippen molar-refractivity contribution in [3.63, 3.8) is 0 Å². The first-order valence-corrected chi connectivity index (χ1v) is 9.11. The van der Waals surface area contributed by atoms with Gasteiger partial charge >= 0.3 is 5.97 Å². The monoisotopic (exact) mass is 346 g/mol. The van der Waals surface area contributed by atoms with E-state index >= 15 is 0 Å². The Labute approximate surface area is 150 Å². The van der Waals surface area contributed by atoms with Crippen molar-refractivity contribution in [1.82, 2.24) is 0 Å². The number of hydrogen-bond acceptors (Lipinski definition) is 3. The molecule has 2 N–H and O–H groups in total. The van der Waals surface area contributed by atoms with E-state index in [-0.39, 0.29) is 6.42 Å². The fourth-order valence-electron chi connectivity index (χ4n) is 2.27. The number of furan rings is 1. The summed E-state index contributed by atoms with van der Waals surface area (Å²) in [6, 6.07) is 3.70. The van der Waals surface area contributed by atoms with Crippen molar-refractivity contribution in [1.29, 1.82) is 0 Å². The van der Waals surface area contributed by atoms with Crippen molar-refractivity contribution in [2.24, 2.45) is 0 Å². The van der Waals surface area contributed by atoms with Gasteiger partial charge in [0.25, 0.3) is 0 Å². The maximum Gasteiger partial charge on any atom is 0.303 e. The van der Waals surface area contributed by atoms with Gasteiger partial charge in [0, 0.05) is 6.42 Å². The molecule has 0 spiro atoms. The van der Waals surface area contributed by atoms with Crippen molar-refractivity contribution < 1.29 is 19.4 Å². The zero-order chi connectivity index (χ0) is 18.3. The van der Waals surface area contributed by atoms with Crippen LogP contribution in [0, 0.1) is 0 Å². The number of rotatable bonds is 13. The minimum Gasteiger partial charge on any atom is -0.481 e. The normalized spacial score (nSPS) is 13.4. The van der Waals surface area contributed by atoms with E-state index in [1.807, 2.05) is 30.4 Å². The Morgan fingerprint density at radius 2 is 1.80 bits per heavy atom. The molecule has 1 heterocycles. The minimum absolute atomic E-state index is 0.182. The summed E-state index contributed by atoms with van der Waals surface area (Å²) in [5, 5.41) is 18.5. The average Bonchev–Trinajstić information content (AvgIpc) is 3.03. The van der Waals surface area contributed by atoms with E-state index < -0.39 is 12.1 Å². The molecule has 4 heteroatoms. The summed E-state index contributed by atoms with van der Waals surface area (Å²) in [6.45, 7) is 2.19. The van der Waals surface area contributed by atoms with Gasteiger partial charge in [0.05, 0.1) is 6.10 Å². The number of allylic oxidation sites excluding steroid dienone is 2. The predicted molar refractivity (Wildman–Crippen MR) is 102 cm³/mol. The Balaban J connectivity index is 2.29. The molecule has 25 heavy (non-hydrogen) atoms. The smallest absolute Gasteiger partial charge is 0.303 e. The lowest BCUT2D eigenvalue weighted by Gasteiger charge is -2.00. The zero-order valence-electron chi connectivity index (χ0n) is 15.1. The molecule has 0 aliphatic rings. The maximum atomic E-state index is 10.4. The number of carbonyl (C=O) groups is 1. The Bertz CT molecular complexity index is 566. The summed E-state index contributed by atoms with van der Waals surface area (Å²) in [4.78, 5) is 10.4. The molecule has 1 aromatic rings. The molecule has 138 valence electrons. The number of aliphatic hydroxyl groups is 1. The van der Waals surface area contributed by atoms with Crippen LogP contribution in [0.5, 0.6) is 0 Å². The number of aliphatic hydroxyl groups excluding tert-OH is 1. The van der Waals surface area contributed by atoms with Crippen LogP contribution in [0.3, 0.4) is 0 Å². The molecule has 0 aliphatic carbocycles. The highest BCUT2D eigenvalue weighted by Crippen LogP contribution is 2.13. The summed E-state index contributed by atoms with van der Waals surface area (Å²) < 4.78 is 5.61. The Kier molecular flexibility index (Phi) is 11.1. The van der Waals surface area contributed by atoms with Crippen LogP contribution in [-0.4, -0.2) is 22.3 Å². The van der Waals surface area contributed by atoms with Crippen molar-refractivity contribution in [3.05, 3.63) is 48.0 Å². The molecule has 4 nitrogen and oxygen atoms in total. The Morgan fingerprint density at radius 1 is 1.08 bits per heavy atom. The van der Waals surface area contributed by atoms with Gasteiger partial charge in [0.15, 0.2) is 0 Å². The fourth-order valence-corrected chi connectivity index (χ4v) is 2.27. The summed E-state index contributed by atoms with van der Waals surface area (Å²) in [7, 11) is 0. The number of carboxylic acid groups (broad SMARTS) is 1. The molecule has 0 saturated carbocycles. The van der Waals surface area contributed by atoms with Crippen LogP contribution >= 0.6 is 0 Å². The van der Waals surface area contributed by atoms with E-state index in [2.05, 4.69) is 13.0 Å². The quantitative estimate of drug-likeness (QED) is 0.368. The number of unbranched alkanes of at least 4 members (excludes halogenated alkanes) is 4. The van der Waals surface area contributed by atoms with Crippen molar-refractivity contribution in [3.8, 4) is 0 Å². The highest BCUT2D eigenvalue weighted by molar-refractivity contribution is 5.66. The lowest BCUT2D eigenvalue weighted by atomic mass is 10.1. The SMILES string of the molecule is CCCCC/C=C/CC(O)/C=C/c1ccc(/C=C/CCCC(=O)O)o1. The summed E-state index contributed by atoms with van der Waals surface area (Å²) in [5.74, 6) is 0.643. The van der Waals surface area contributed by atoms with E-state index in [1.54, 1.807) is 12.2 Å². The predicted octanol–water partition coefficient (Wildman–Crippen LogP) is 5.45. The van der Waals surface area contributed by atoms with E-state index in [9.17, 15) is 9.90 Å². The third-order valence-corrected chi connectivity index (χ3v) is 3.69. The molecule has 0 aromatic carbocycles. The van der Waals surface area contributed by atoms with E-state index in [1.165, 1.54) is 19.3 Å². The molecule has 0 aliphatic heterocycles. The average molecular weight is 346 g/mol. The molecular weight excluding hydrogens is 316 g/mol. The molecule has 0 amide bonds. The van der Waals surface area contributed by atoms with Crippen LogP contribution in [0.25, 0.3) is 12.2 Å². The van der Waals surface area contributed by atoms with Crippen LogP contribution in [-0.2, 0) is 4.79 Å². The van der Waals surface area contributed by atoms with E-state index in [4.69, 9.17) is 9.52 Å². The topological polar surface area (TPSA) is 70.7 Å². The van der Waals surface area contributed by atoms with E-state index in [0.29, 0.717) is 25.0 Å². The second kappa shape index (κ2) is 13.2.